The minimum absolute atomic E-state index is 0.0613. The van der Waals surface area contributed by atoms with E-state index < -0.39 is 11.7 Å². The number of halogens is 3. The summed E-state index contributed by atoms with van der Waals surface area (Å²) in [5.74, 6) is 0.212. The normalized spacial score (nSPS) is 15.3. The number of alkyl halides is 3. The van der Waals surface area contributed by atoms with E-state index in [4.69, 9.17) is 5.53 Å². The minimum atomic E-state index is -4.45. The van der Waals surface area contributed by atoms with Crippen LogP contribution in [-0.2, 0) is 12.7 Å². The molecular formula is C12H10F3N5. The second kappa shape index (κ2) is 4.42. The van der Waals surface area contributed by atoms with Crippen molar-refractivity contribution in [3.05, 3.63) is 45.7 Å². The zero-order valence-electron chi connectivity index (χ0n) is 10.3. The number of rotatable bonds is 3. The van der Waals surface area contributed by atoms with Crippen LogP contribution in [0.4, 0.5) is 13.2 Å². The van der Waals surface area contributed by atoms with Crippen molar-refractivity contribution in [2.45, 2.75) is 31.5 Å². The van der Waals surface area contributed by atoms with Crippen LogP contribution in [0.3, 0.4) is 0 Å². The topological polar surface area (TPSA) is 66.1 Å². The Morgan fingerprint density at radius 1 is 1.40 bits per heavy atom. The van der Waals surface area contributed by atoms with E-state index >= 15 is 0 Å². The Balaban J connectivity index is 2.16. The maximum Gasteiger partial charge on any atom is 0.419 e. The summed E-state index contributed by atoms with van der Waals surface area (Å²) in [6.07, 6.45) is 0.541. The Labute approximate surface area is 111 Å². The Bertz CT molecular complexity index is 708. The maximum atomic E-state index is 13.1. The van der Waals surface area contributed by atoms with E-state index in [9.17, 15) is 13.2 Å². The fourth-order valence-electron chi connectivity index (χ4n) is 2.20. The molecule has 0 unspecified atom stereocenters. The Morgan fingerprint density at radius 3 is 2.75 bits per heavy atom. The van der Waals surface area contributed by atoms with E-state index in [2.05, 4.69) is 15.0 Å². The molecule has 0 amide bonds. The largest absolute Gasteiger partial charge is 0.419 e. The van der Waals surface area contributed by atoms with Crippen molar-refractivity contribution in [3.63, 3.8) is 0 Å². The molecule has 8 heteroatoms. The van der Waals surface area contributed by atoms with Crippen molar-refractivity contribution in [2.75, 3.05) is 0 Å². The zero-order valence-corrected chi connectivity index (χ0v) is 10.3. The number of hydrogen-bond acceptors (Lipinski definition) is 2. The van der Waals surface area contributed by atoms with Crippen LogP contribution in [0.25, 0.3) is 16.1 Å². The maximum absolute atomic E-state index is 13.1. The molecule has 0 spiro atoms. The number of nitrogens with zero attached hydrogens (tertiary/aromatic N) is 5. The van der Waals surface area contributed by atoms with Gasteiger partial charge in [0.15, 0.2) is 0 Å². The number of pyridine rings is 1. The van der Waals surface area contributed by atoms with Crippen LogP contribution in [0.15, 0.2) is 23.6 Å². The summed E-state index contributed by atoms with van der Waals surface area (Å²) in [6, 6.07) is 1.18. The van der Waals surface area contributed by atoms with Crippen molar-refractivity contribution < 1.29 is 13.2 Å². The van der Waals surface area contributed by atoms with Gasteiger partial charge in [-0.3, -0.25) is 0 Å². The summed E-state index contributed by atoms with van der Waals surface area (Å²) >= 11 is 0. The Morgan fingerprint density at radius 2 is 2.15 bits per heavy atom. The van der Waals surface area contributed by atoms with Gasteiger partial charge in [0.1, 0.15) is 5.65 Å². The molecule has 1 saturated carbocycles. The number of azide groups is 1. The molecule has 3 rings (SSSR count). The molecule has 1 fully saturated rings. The van der Waals surface area contributed by atoms with Gasteiger partial charge in [-0.15, -0.1) is 0 Å². The molecule has 0 radical (unpaired) electrons. The second-order valence-electron chi connectivity index (χ2n) is 4.81. The third kappa shape index (κ3) is 2.30. The molecule has 1 aliphatic carbocycles. The average Bonchev–Trinajstić information content (AvgIpc) is 3.14. The summed E-state index contributed by atoms with van der Waals surface area (Å²) < 4.78 is 40.7. The number of aromatic nitrogens is 2. The molecule has 0 atom stereocenters. The number of hydrogen-bond donors (Lipinski definition) is 0. The van der Waals surface area contributed by atoms with Crippen LogP contribution in [-0.4, -0.2) is 9.38 Å². The first-order valence-corrected chi connectivity index (χ1v) is 6.08. The predicted molar refractivity (Wildman–Crippen MR) is 65.0 cm³/mol. The minimum Gasteiger partial charge on any atom is -0.306 e. The van der Waals surface area contributed by atoms with Crippen LogP contribution in [0, 0.1) is 0 Å². The van der Waals surface area contributed by atoms with E-state index in [1.54, 1.807) is 6.20 Å². The fraction of sp³-hybridized carbons (Fsp3) is 0.417. The third-order valence-electron chi connectivity index (χ3n) is 3.27. The monoisotopic (exact) mass is 281 g/mol. The van der Waals surface area contributed by atoms with Crippen molar-refractivity contribution in [1.29, 1.82) is 0 Å². The molecule has 20 heavy (non-hydrogen) atoms. The van der Waals surface area contributed by atoms with Gasteiger partial charge in [0.05, 0.1) is 17.8 Å². The first kappa shape index (κ1) is 12.8. The molecule has 0 saturated heterocycles. The molecule has 0 aliphatic heterocycles. The van der Waals surface area contributed by atoms with Gasteiger partial charge in [-0.1, -0.05) is 5.11 Å². The lowest BCUT2D eigenvalue weighted by atomic mass is 10.1. The van der Waals surface area contributed by atoms with Crippen molar-refractivity contribution in [2.24, 2.45) is 5.11 Å². The van der Waals surface area contributed by atoms with Gasteiger partial charge in [-0.05, 0) is 35.9 Å². The van der Waals surface area contributed by atoms with Gasteiger partial charge in [-0.25, -0.2) is 4.98 Å². The molecule has 2 heterocycles. The quantitative estimate of drug-likeness (QED) is 0.475. The molecule has 0 bridgehead atoms. The first-order chi connectivity index (χ1) is 9.49. The van der Waals surface area contributed by atoms with E-state index in [1.165, 1.54) is 16.7 Å². The second-order valence-corrected chi connectivity index (χ2v) is 4.81. The highest BCUT2D eigenvalue weighted by Crippen LogP contribution is 2.42. The summed E-state index contributed by atoms with van der Waals surface area (Å²) in [4.78, 5) is 6.50. The summed E-state index contributed by atoms with van der Waals surface area (Å²) in [5.41, 5.74) is 8.36. The van der Waals surface area contributed by atoms with E-state index in [0.29, 0.717) is 11.3 Å². The van der Waals surface area contributed by atoms with Crippen molar-refractivity contribution in [3.8, 4) is 0 Å². The average molecular weight is 281 g/mol. The SMILES string of the molecule is [N-]=[N+]=NCc1cn2cc(C3CC3)cc(C(F)(F)F)c2n1. The van der Waals surface area contributed by atoms with Crippen LogP contribution in [0.1, 0.15) is 35.6 Å². The van der Waals surface area contributed by atoms with Gasteiger partial charge in [0.2, 0.25) is 0 Å². The molecule has 2 aromatic rings. The van der Waals surface area contributed by atoms with E-state index in [0.717, 1.165) is 12.8 Å². The summed E-state index contributed by atoms with van der Waals surface area (Å²) in [6.45, 7) is -0.0613. The number of imidazole rings is 1. The van der Waals surface area contributed by atoms with E-state index in [1.807, 2.05) is 0 Å². The first-order valence-electron chi connectivity index (χ1n) is 6.08. The molecular weight excluding hydrogens is 271 g/mol. The van der Waals surface area contributed by atoms with Crippen molar-refractivity contribution >= 4 is 5.65 Å². The van der Waals surface area contributed by atoms with E-state index in [-0.39, 0.29) is 18.1 Å². The zero-order chi connectivity index (χ0) is 14.3. The van der Waals surface area contributed by atoms with Crippen LogP contribution in [0.2, 0.25) is 0 Å². The lowest BCUT2D eigenvalue weighted by Gasteiger charge is -2.10. The highest BCUT2D eigenvalue weighted by Gasteiger charge is 2.36. The number of fused-ring (bicyclic) bond motifs is 1. The van der Waals surface area contributed by atoms with Crippen molar-refractivity contribution in [1.82, 2.24) is 9.38 Å². The lowest BCUT2D eigenvalue weighted by molar-refractivity contribution is -0.136. The van der Waals surface area contributed by atoms with Crippen LogP contribution < -0.4 is 0 Å². The fourth-order valence-corrected chi connectivity index (χ4v) is 2.20. The molecule has 0 N–H and O–H groups in total. The standard InChI is InChI=1S/C12H10F3N5/c13-12(14,15)10-3-8(7-1-2-7)5-20-6-9(4-17-19-16)18-11(10)20/h3,5-7H,1-2,4H2. The van der Waals surface area contributed by atoms with Gasteiger partial charge < -0.3 is 4.40 Å². The lowest BCUT2D eigenvalue weighted by Crippen LogP contribution is -2.09. The highest BCUT2D eigenvalue weighted by atomic mass is 19.4. The summed E-state index contributed by atoms with van der Waals surface area (Å²) in [5, 5.41) is 3.32. The van der Waals surface area contributed by atoms with Gasteiger partial charge in [-0.2, -0.15) is 13.2 Å². The Kier molecular flexibility index (Phi) is 2.83. The third-order valence-corrected chi connectivity index (χ3v) is 3.27. The van der Waals surface area contributed by atoms with Crippen LogP contribution in [0.5, 0.6) is 0 Å². The molecule has 2 aromatic heterocycles. The van der Waals surface area contributed by atoms with Crippen LogP contribution >= 0.6 is 0 Å². The van der Waals surface area contributed by atoms with Gasteiger partial charge >= 0.3 is 6.18 Å². The summed E-state index contributed by atoms with van der Waals surface area (Å²) in [7, 11) is 0. The van der Waals surface area contributed by atoms with Gasteiger partial charge in [0.25, 0.3) is 0 Å². The molecule has 1 aliphatic rings. The molecule has 104 valence electrons. The predicted octanol–water partition coefficient (Wildman–Crippen LogP) is 4.04. The Hall–Kier alpha value is -2.21. The highest BCUT2D eigenvalue weighted by molar-refractivity contribution is 5.53. The molecule has 0 aromatic carbocycles. The smallest absolute Gasteiger partial charge is 0.306 e. The van der Waals surface area contributed by atoms with Gasteiger partial charge in [0, 0.05) is 17.3 Å². The molecule has 5 nitrogen and oxygen atoms in total.